The molecule has 2 heterocycles. The predicted octanol–water partition coefficient (Wildman–Crippen LogP) is 0.490. The summed E-state index contributed by atoms with van der Waals surface area (Å²) >= 11 is 0. The Hall–Kier alpha value is -1.95. The molecular formula is C15H23N3O7S. The van der Waals surface area contributed by atoms with Crippen molar-refractivity contribution in [1.29, 1.82) is 0 Å². The van der Waals surface area contributed by atoms with Gasteiger partial charge in [-0.05, 0) is 6.54 Å². The summed E-state index contributed by atoms with van der Waals surface area (Å²) in [4.78, 5) is 16.8. The number of ether oxygens (including phenoxy) is 3. The van der Waals surface area contributed by atoms with E-state index < -0.39 is 16.2 Å². The molecule has 2 rings (SSSR count). The van der Waals surface area contributed by atoms with Gasteiger partial charge in [-0.3, -0.25) is 0 Å². The quantitative estimate of drug-likeness (QED) is 0.500. The average Bonchev–Trinajstić information content (AvgIpc) is 2.62. The molecule has 0 amide bonds. The van der Waals surface area contributed by atoms with Crippen LogP contribution in [0.5, 0.6) is 11.6 Å². The van der Waals surface area contributed by atoms with Crippen LogP contribution in [0.1, 0.15) is 6.92 Å². The van der Waals surface area contributed by atoms with Crippen molar-refractivity contribution in [3.8, 4) is 11.6 Å². The highest BCUT2D eigenvalue weighted by atomic mass is 32.2. The van der Waals surface area contributed by atoms with Crippen LogP contribution in [0.3, 0.4) is 0 Å². The summed E-state index contributed by atoms with van der Waals surface area (Å²) < 4.78 is 41.7. The average molecular weight is 389 g/mol. The van der Waals surface area contributed by atoms with Gasteiger partial charge in [0.15, 0.2) is 5.75 Å². The van der Waals surface area contributed by atoms with Crippen molar-refractivity contribution in [3.05, 3.63) is 12.3 Å². The fraction of sp³-hybridized carbons (Fsp3) is 0.600. The first kappa shape index (κ1) is 20.4. The Labute approximate surface area is 152 Å². The van der Waals surface area contributed by atoms with Crippen molar-refractivity contribution in [2.24, 2.45) is 0 Å². The first-order valence-corrected chi connectivity index (χ1v) is 9.57. The Bertz CT molecular complexity index is 718. The molecule has 0 spiro atoms. The molecule has 0 aliphatic carbocycles. The van der Waals surface area contributed by atoms with Gasteiger partial charge >= 0.3 is 6.16 Å². The van der Waals surface area contributed by atoms with E-state index in [1.54, 1.807) is 0 Å². The summed E-state index contributed by atoms with van der Waals surface area (Å²) in [5, 5.41) is 8.87. The second-order valence-electron chi connectivity index (χ2n) is 5.52. The van der Waals surface area contributed by atoms with E-state index >= 15 is 0 Å². The molecule has 0 aromatic carbocycles. The highest BCUT2D eigenvalue weighted by Gasteiger charge is 2.29. The van der Waals surface area contributed by atoms with Crippen LogP contribution in [0, 0.1) is 0 Å². The third-order valence-corrected chi connectivity index (χ3v) is 5.80. The topological polar surface area (TPSA) is 119 Å². The molecule has 0 saturated carbocycles. The maximum Gasteiger partial charge on any atom is 0.511 e. The number of carbonyl (C=O) groups is 1. The molecule has 0 atom stereocenters. The van der Waals surface area contributed by atoms with Crippen LogP contribution in [0.4, 0.5) is 4.79 Å². The summed E-state index contributed by atoms with van der Waals surface area (Å²) in [6, 6.07) is 1.12. The molecule has 0 unspecified atom stereocenters. The highest BCUT2D eigenvalue weighted by molar-refractivity contribution is 7.89. The molecule has 1 saturated heterocycles. The SMILES string of the molecule is CCN1CCN(S(=O)(=O)c2cnc(OCCOC)c(OC(=O)O)c2)CC1. The standard InChI is InChI=1S/C15H23N3O7S/c1-3-17-4-6-18(7-5-17)26(21,22)12-10-13(25-15(19)20)14(16-11-12)24-9-8-23-2/h10-11H,3-9H2,1-2H3,(H,19,20). The van der Waals surface area contributed by atoms with Crippen LogP contribution in [0.2, 0.25) is 0 Å². The smallest absolute Gasteiger partial charge is 0.473 e. The van der Waals surface area contributed by atoms with E-state index in [-0.39, 0.29) is 29.7 Å². The Morgan fingerprint density at radius 3 is 2.54 bits per heavy atom. The summed E-state index contributed by atoms with van der Waals surface area (Å²) in [7, 11) is -2.32. The van der Waals surface area contributed by atoms with E-state index in [4.69, 9.17) is 14.6 Å². The van der Waals surface area contributed by atoms with Crippen LogP contribution < -0.4 is 9.47 Å². The molecule has 1 N–H and O–H groups in total. The van der Waals surface area contributed by atoms with Gasteiger partial charge in [-0.2, -0.15) is 4.31 Å². The molecule has 11 heteroatoms. The van der Waals surface area contributed by atoms with Gasteiger partial charge in [0.2, 0.25) is 10.0 Å². The predicted molar refractivity (Wildman–Crippen MR) is 91.1 cm³/mol. The molecular weight excluding hydrogens is 366 g/mol. The van der Waals surface area contributed by atoms with Crippen LogP contribution in [-0.2, 0) is 14.8 Å². The van der Waals surface area contributed by atoms with E-state index in [2.05, 4.69) is 14.6 Å². The van der Waals surface area contributed by atoms with Crippen molar-refractivity contribution in [3.63, 3.8) is 0 Å². The zero-order chi connectivity index (χ0) is 19.2. The van der Waals surface area contributed by atoms with E-state index in [1.807, 2.05) is 6.92 Å². The van der Waals surface area contributed by atoms with Crippen LogP contribution in [0.15, 0.2) is 17.2 Å². The number of sulfonamides is 1. The zero-order valence-electron chi connectivity index (χ0n) is 14.8. The minimum Gasteiger partial charge on any atom is -0.473 e. The second-order valence-corrected chi connectivity index (χ2v) is 7.46. The first-order valence-electron chi connectivity index (χ1n) is 8.13. The number of hydrogen-bond acceptors (Lipinski definition) is 8. The molecule has 1 aromatic heterocycles. The molecule has 1 aliphatic heterocycles. The monoisotopic (exact) mass is 389 g/mol. The van der Waals surface area contributed by atoms with E-state index in [0.717, 1.165) is 18.8 Å². The van der Waals surface area contributed by atoms with Gasteiger partial charge in [-0.15, -0.1) is 0 Å². The number of piperazine rings is 1. The Morgan fingerprint density at radius 2 is 1.96 bits per heavy atom. The largest absolute Gasteiger partial charge is 0.511 e. The number of hydrogen-bond donors (Lipinski definition) is 1. The molecule has 1 aliphatic rings. The number of rotatable bonds is 8. The van der Waals surface area contributed by atoms with Gasteiger partial charge in [0.1, 0.15) is 11.5 Å². The third-order valence-electron chi connectivity index (χ3n) is 3.93. The Balaban J connectivity index is 2.23. The summed E-state index contributed by atoms with van der Waals surface area (Å²) in [5.41, 5.74) is 0. The highest BCUT2D eigenvalue weighted by Crippen LogP contribution is 2.29. The number of pyridine rings is 1. The summed E-state index contributed by atoms with van der Waals surface area (Å²) in [6.07, 6.45) is -0.451. The van der Waals surface area contributed by atoms with E-state index in [0.29, 0.717) is 26.2 Å². The summed E-state index contributed by atoms with van der Waals surface area (Å²) in [5.74, 6) is -0.388. The lowest BCUT2D eigenvalue weighted by Crippen LogP contribution is -2.48. The number of aromatic nitrogens is 1. The molecule has 0 radical (unpaired) electrons. The maximum atomic E-state index is 12.8. The first-order chi connectivity index (χ1) is 12.4. The molecule has 26 heavy (non-hydrogen) atoms. The third kappa shape index (κ3) is 5.04. The van der Waals surface area contributed by atoms with Gasteiger partial charge in [-0.25, -0.2) is 18.2 Å². The van der Waals surface area contributed by atoms with Gasteiger partial charge in [-0.1, -0.05) is 6.92 Å². The van der Waals surface area contributed by atoms with Crippen LogP contribution in [-0.4, -0.2) is 86.9 Å². The van der Waals surface area contributed by atoms with Gasteiger partial charge in [0.05, 0.1) is 12.8 Å². The van der Waals surface area contributed by atoms with Crippen molar-refractivity contribution < 1.29 is 32.5 Å². The maximum absolute atomic E-state index is 12.8. The molecule has 1 aromatic rings. The van der Waals surface area contributed by atoms with Gasteiger partial charge in [0.25, 0.3) is 5.88 Å². The van der Waals surface area contributed by atoms with E-state index in [9.17, 15) is 13.2 Å². The molecule has 0 bridgehead atoms. The lowest BCUT2D eigenvalue weighted by Gasteiger charge is -2.33. The summed E-state index contributed by atoms with van der Waals surface area (Å²) in [6.45, 7) is 5.25. The van der Waals surface area contributed by atoms with Crippen molar-refractivity contribution in [2.45, 2.75) is 11.8 Å². The number of likely N-dealkylation sites (N-methyl/N-ethyl adjacent to an activating group) is 1. The van der Waals surface area contributed by atoms with Gasteiger partial charge < -0.3 is 24.2 Å². The lowest BCUT2D eigenvalue weighted by atomic mass is 10.4. The number of methoxy groups -OCH3 is 1. The van der Waals surface area contributed by atoms with Crippen molar-refractivity contribution in [1.82, 2.24) is 14.2 Å². The van der Waals surface area contributed by atoms with Crippen LogP contribution in [0.25, 0.3) is 0 Å². The second kappa shape index (κ2) is 9.12. The Morgan fingerprint density at radius 1 is 1.27 bits per heavy atom. The van der Waals surface area contributed by atoms with Crippen LogP contribution >= 0.6 is 0 Å². The normalized spacial score (nSPS) is 16.4. The van der Waals surface area contributed by atoms with Crippen molar-refractivity contribution in [2.75, 3.05) is 53.0 Å². The number of carboxylic acid groups (broad SMARTS) is 1. The molecule has 10 nitrogen and oxygen atoms in total. The molecule has 1 fully saturated rings. The number of nitrogens with zero attached hydrogens (tertiary/aromatic N) is 3. The molecule has 146 valence electrons. The zero-order valence-corrected chi connectivity index (χ0v) is 15.6. The van der Waals surface area contributed by atoms with Crippen molar-refractivity contribution >= 4 is 16.2 Å². The van der Waals surface area contributed by atoms with Gasteiger partial charge in [0, 0.05) is 39.4 Å². The minimum atomic E-state index is -3.80. The fourth-order valence-electron chi connectivity index (χ4n) is 2.49. The minimum absolute atomic E-state index is 0.112. The van der Waals surface area contributed by atoms with E-state index in [1.165, 1.54) is 11.4 Å². The lowest BCUT2D eigenvalue weighted by molar-refractivity contribution is 0.131. The fourth-order valence-corrected chi connectivity index (χ4v) is 3.87. The Kier molecular flexibility index (Phi) is 7.14.